The van der Waals surface area contributed by atoms with Crippen molar-refractivity contribution in [2.75, 3.05) is 12.4 Å². The second-order valence-corrected chi connectivity index (χ2v) is 6.00. The Morgan fingerprint density at radius 2 is 2.26 bits per heavy atom. The molecule has 3 nitrogen and oxygen atoms in total. The van der Waals surface area contributed by atoms with Crippen molar-refractivity contribution < 1.29 is 4.79 Å². The Kier molecular flexibility index (Phi) is 3.21. The molecule has 0 spiro atoms. The molecular formula is C14H13ClN2OS. The van der Waals surface area contributed by atoms with Gasteiger partial charge in [-0.2, -0.15) is 0 Å². The SMILES string of the molecule is CN1Cc2cc(C(Cl)c3cccs3)ccc2NC1=O. The van der Waals surface area contributed by atoms with Crippen molar-refractivity contribution >= 4 is 34.7 Å². The van der Waals surface area contributed by atoms with Gasteiger partial charge in [-0.05, 0) is 28.6 Å². The number of hydrogen-bond acceptors (Lipinski definition) is 2. The lowest BCUT2D eigenvalue weighted by Crippen LogP contribution is -2.35. The first-order valence-electron chi connectivity index (χ1n) is 5.97. The van der Waals surface area contributed by atoms with Crippen LogP contribution < -0.4 is 5.32 Å². The van der Waals surface area contributed by atoms with Gasteiger partial charge in [-0.1, -0.05) is 18.2 Å². The summed E-state index contributed by atoms with van der Waals surface area (Å²) in [5, 5.41) is 4.75. The van der Waals surface area contributed by atoms with Crippen molar-refractivity contribution in [1.82, 2.24) is 4.90 Å². The highest BCUT2D eigenvalue weighted by atomic mass is 35.5. The van der Waals surface area contributed by atoms with E-state index in [1.54, 1.807) is 23.3 Å². The monoisotopic (exact) mass is 292 g/mol. The van der Waals surface area contributed by atoms with E-state index >= 15 is 0 Å². The van der Waals surface area contributed by atoms with Crippen molar-refractivity contribution in [2.24, 2.45) is 0 Å². The number of nitrogens with zero attached hydrogens (tertiary/aromatic N) is 1. The van der Waals surface area contributed by atoms with Crippen LogP contribution in [0.4, 0.5) is 10.5 Å². The molecule has 0 radical (unpaired) electrons. The third-order valence-corrected chi connectivity index (χ3v) is 4.76. The topological polar surface area (TPSA) is 32.3 Å². The molecule has 2 aromatic rings. The number of hydrogen-bond donors (Lipinski definition) is 1. The lowest BCUT2D eigenvalue weighted by atomic mass is 10.0. The van der Waals surface area contributed by atoms with E-state index in [9.17, 15) is 4.79 Å². The summed E-state index contributed by atoms with van der Waals surface area (Å²) in [5.41, 5.74) is 3.04. The standard InChI is InChI=1S/C14H13ClN2OS/c1-17-8-10-7-9(4-5-11(10)16-14(17)18)13(15)12-3-2-6-19-12/h2-7,13H,8H2,1H3,(H,16,18). The van der Waals surface area contributed by atoms with Crippen LogP contribution in [0.5, 0.6) is 0 Å². The van der Waals surface area contributed by atoms with Crippen LogP contribution in [-0.2, 0) is 6.54 Å². The number of carbonyl (C=O) groups excluding carboxylic acids is 1. The third kappa shape index (κ3) is 2.33. The molecule has 1 aromatic heterocycles. The van der Waals surface area contributed by atoms with Crippen LogP contribution in [0, 0.1) is 0 Å². The second kappa shape index (κ2) is 4.87. The summed E-state index contributed by atoms with van der Waals surface area (Å²) in [5.74, 6) is 0. The minimum absolute atomic E-state index is 0.0686. The third-order valence-electron chi connectivity index (χ3n) is 3.21. The summed E-state index contributed by atoms with van der Waals surface area (Å²) in [6.45, 7) is 0.614. The quantitative estimate of drug-likeness (QED) is 0.832. The zero-order chi connectivity index (χ0) is 13.4. The van der Waals surface area contributed by atoms with Gasteiger partial charge in [-0.3, -0.25) is 0 Å². The van der Waals surface area contributed by atoms with Crippen molar-refractivity contribution in [1.29, 1.82) is 0 Å². The van der Waals surface area contributed by atoms with Crippen molar-refractivity contribution in [3.05, 3.63) is 51.7 Å². The van der Waals surface area contributed by atoms with E-state index in [0.717, 1.165) is 21.7 Å². The maximum absolute atomic E-state index is 11.6. The fourth-order valence-corrected chi connectivity index (χ4v) is 3.25. The maximum Gasteiger partial charge on any atom is 0.321 e. The first-order valence-corrected chi connectivity index (χ1v) is 7.29. The van der Waals surface area contributed by atoms with Crippen LogP contribution >= 0.6 is 22.9 Å². The largest absolute Gasteiger partial charge is 0.323 e. The van der Waals surface area contributed by atoms with Gasteiger partial charge in [0, 0.05) is 24.2 Å². The number of halogens is 1. The highest BCUT2D eigenvalue weighted by molar-refractivity contribution is 7.10. The summed E-state index contributed by atoms with van der Waals surface area (Å²) in [4.78, 5) is 14.3. The van der Waals surface area contributed by atoms with Crippen LogP contribution in [0.3, 0.4) is 0 Å². The first-order chi connectivity index (χ1) is 9.15. The number of nitrogens with one attached hydrogen (secondary N) is 1. The molecule has 0 saturated carbocycles. The average Bonchev–Trinajstić information content (AvgIpc) is 2.93. The molecule has 1 aliphatic rings. The summed E-state index contributed by atoms with van der Waals surface area (Å²) in [6, 6.07) is 9.95. The molecule has 1 unspecified atom stereocenters. The van der Waals surface area contributed by atoms with Gasteiger partial charge in [0.05, 0.1) is 5.38 Å². The van der Waals surface area contributed by atoms with Gasteiger partial charge in [0.1, 0.15) is 0 Å². The maximum atomic E-state index is 11.6. The number of anilines is 1. The Hall–Kier alpha value is -1.52. The molecule has 1 aromatic carbocycles. The number of thiophene rings is 1. The molecule has 98 valence electrons. The second-order valence-electron chi connectivity index (χ2n) is 4.58. The Morgan fingerprint density at radius 3 is 3.00 bits per heavy atom. The fourth-order valence-electron chi connectivity index (χ4n) is 2.16. The number of urea groups is 1. The van der Waals surface area contributed by atoms with Crippen molar-refractivity contribution in [3.8, 4) is 0 Å². The summed E-state index contributed by atoms with van der Waals surface area (Å²) >= 11 is 8.14. The molecule has 0 aliphatic carbocycles. The molecule has 2 amide bonds. The van der Waals surface area contributed by atoms with E-state index in [2.05, 4.69) is 11.4 Å². The zero-order valence-electron chi connectivity index (χ0n) is 10.4. The molecule has 3 rings (SSSR count). The Balaban J connectivity index is 1.93. The van der Waals surface area contributed by atoms with Crippen LogP contribution in [0.1, 0.15) is 21.4 Å². The molecule has 0 saturated heterocycles. The van der Waals surface area contributed by atoms with E-state index in [4.69, 9.17) is 11.6 Å². The van der Waals surface area contributed by atoms with Gasteiger partial charge in [-0.15, -0.1) is 22.9 Å². The molecule has 5 heteroatoms. The van der Waals surface area contributed by atoms with Crippen LogP contribution in [0.2, 0.25) is 0 Å². The smallest absolute Gasteiger partial charge is 0.321 e. The number of rotatable bonds is 2. The lowest BCUT2D eigenvalue weighted by Gasteiger charge is -2.26. The van der Waals surface area contributed by atoms with Gasteiger partial charge in [0.15, 0.2) is 0 Å². The molecule has 19 heavy (non-hydrogen) atoms. The van der Waals surface area contributed by atoms with Crippen LogP contribution in [-0.4, -0.2) is 18.0 Å². The number of fused-ring (bicyclic) bond motifs is 1. The molecule has 1 aliphatic heterocycles. The normalized spacial score (nSPS) is 15.9. The minimum atomic E-state index is -0.131. The Bertz CT molecular complexity index is 612. The number of carbonyl (C=O) groups is 1. The molecule has 0 bridgehead atoms. The van der Waals surface area contributed by atoms with Gasteiger partial charge in [0.2, 0.25) is 0 Å². The fraction of sp³-hybridized carbons (Fsp3) is 0.214. The predicted octanol–water partition coefficient (Wildman–Crippen LogP) is 4.05. The summed E-state index contributed by atoms with van der Waals surface area (Å²) in [7, 11) is 1.78. The zero-order valence-corrected chi connectivity index (χ0v) is 12.0. The number of alkyl halides is 1. The highest BCUT2D eigenvalue weighted by Crippen LogP contribution is 2.34. The number of amides is 2. The minimum Gasteiger partial charge on any atom is -0.323 e. The van der Waals surface area contributed by atoms with Gasteiger partial charge >= 0.3 is 6.03 Å². The molecule has 1 N–H and O–H groups in total. The predicted molar refractivity (Wildman–Crippen MR) is 78.9 cm³/mol. The van der Waals surface area contributed by atoms with E-state index in [-0.39, 0.29) is 11.4 Å². The van der Waals surface area contributed by atoms with Crippen molar-refractivity contribution in [3.63, 3.8) is 0 Å². The van der Waals surface area contributed by atoms with E-state index in [1.165, 1.54) is 0 Å². The molecular weight excluding hydrogens is 280 g/mol. The van der Waals surface area contributed by atoms with E-state index in [1.807, 2.05) is 29.6 Å². The highest BCUT2D eigenvalue weighted by Gasteiger charge is 2.21. The molecule has 2 heterocycles. The average molecular weight is 293 g/mol. The number of benzene rings is 1. The molecule has 1 atom stereocenters. The lowest BCUT2D eigenvalue weighted by molar-refractivity contribution is 0.218. The van der Waals surface area contributed by atoms with Gasteiger partial charge in [0.25, 0.3) is 0 Å². The Labute approximate surface area is 120 Å². The van der Waals surface area contributed by atoms with Gasteiger partial charge < -0.3 is 10.2 Å². The first kappa shape index (κ1) is 12.5. The van der Waals surface area contributed by atoms with E-state index < -0.39 is 0 Å². The Morgan fingerprint density at radius 1 is 1.42 bits per heavy atom. The summed E-state index contributed by atoms with van der Waals surface area (Å²) in [6.07, 6.45) is 0. The van der Waals surface area contributed by atoms with Crippen LogP contribution in [0.25, 0.3) is 0 Å². The van der Waals surface area contributed by atoms with Crippen LogP contribution in [0.15, 0.2) is 35.7 Å². The molecule has 0 fully saturated rings. The van der Waals surface area contributed by atoms with Crippen molar-refractivity contribution in [2.45, 2.75) is 11.9 Å². The van der Waals surface area contributed by atoms with Gasteiger partial charge in [-0.25, -0.2) is 4.79 Å². The summed E-state index contributed by atoms with van der Waals surface area (Å²) < 4.78 is 0. The van der Waals surface area contributed by atoms with E-state index in [0.29, 0.717) is 6.54 Å².